The van der Waals surface area contributed by atoms with E-state index >= 15 is 0 Å². The Labute approximate surface area is 118 Å². The topological polar surface area (TPSA) is 38.0 Å². The lowest BCUT2D eigenvalue weighted by Crippen LogP contribution is -2.28. The fourth-order valence-corrected chi connectivity index (χ4v) is 3.88. The van der Waals surface area contributed by atoms with Crippen LogP contribution in [0.5, 0.6) is 0 Å². The number of benzene rings is 1. The number of rotatable bonds is 4. The summed E-state index contributed by atoms with van der Waals surface area (Å²) >= 11 is 3.33. The van der Waals surface area contributed by atoms with E-state index in [2.05, 4.69) is 22.3 Å². The van der Waals surface area contributed by atoms with E-state index in [0.29, 0.717) is 0 Å². The number of thiophene rings is 2. The molecule has 3 N–H and O–H groups in total. The van der Waals surface area contributed by atoms with Crippen molar-refractivity contribution in [3.63, 3.8) is 0 Å². The Morgan fingerprint density at radius 2 is 2.16 bits per heavy atom. The Morgan fingerprint density at radius 1 is 1.26 bits per heavy atom. The first-order chi connectivity index (χ1) is 9.26. The van der Waals surface area contributed by atoms with Crippen LogP contribution in [0.4, 0.5) is 4.39 Å². The number of fused-ring (bicyclic) bond motifs is 1. The van der Waals surface area contributed by atoms with Crippen molar-refractivity contribution < 1.29 is 4.39 Å². The van der Waals surface area contributed by atoms with Gasteiger partial charge in [-0.3, -0.25) is 11.3 Å². The summed E-state index contributed by atoms with van der Waals surface area (Å²) in [6.45, 7) is 0. The van der Waals surface area contributed by atoms with Gasteiger partial charge in [-0.2, -0.15) is 11.3 Å². The van der Waals surface area contributed by atoms with Gasteiger partial charge in [0.25, 0.3) is 0 Å². The summed E-state index contributed by atoms with van der Waals surface area (Å²) in [5.41, 5.74) is 4.11. The van der Waals surface area contributed by atoms with Crippen molar-refractivity contribution in [3.8, 4) is 0 Å². The SMILES string of the molecule is NNC(Cc1ccsc1)c1cc2cc(F)ccc2s1. The molecule has 0 aliphatic carbocycles. The maximum atomic E-state index is 13.2. The van der Waals surface area contributed by atoms with Gasteiger partial charge in [0, 0.05) is 9.58 Å². The monoisotopic (exact) mass is 292 g/mol. The lowest BCUT2D eigenvalue weighted by atomic mass is 10.1. The number of hydrogen-bond acceptors (Lipinski definition) is 4. The van der Waals surface area contributed by atoms with E-state index in [4.69, 9.17) is 5.84 Å². The second-order valence-electron chi connectivity index (χ2n) is 4.39. The number of halogens is 1. The molecule has 0 spiro atoms. The predicted octanol–water partition coefficient (Wildman–Crippen LogP) is 3.85. The third-order valence-corrected chi connectivity index (χ3v) is 5.02. The molecule has 1 unspecified atom stereocenters. The summed E-state index contributed by atoms with van der Waals surface area (Å²) in [5.74, 6) is 5.46. The van der Waals surface area contributed by atoms with Crippen molar-refractivity contribution in [1.82, 2.24) is 5.43 Å². The maximum absolute atomic E-state index is 13.2. The molecule has 0 fully saturated rings. The molecule has 2 nitrogen and oxygen atoms in total. The largest absolute Gasteiger partial charge is 0.271 e. The predicted molar refractivity (Wildman–Crippen MR) is 79.9 cm³/mol. The van der Waals surface area contributed by atoms with Gasteiger partial charge in [-0.05, 0) is 58.5 Å². The summed E-state index contributed by atoms with van der Waals surface area (Å²) in [6, 6.07) is 9.05. The van der Waals surface area contributed by atoms with Crippen molar-refractivity contribution in [2.45, 2.75) is 12.5 Å². The van der Waals surface area contributed by atoms with E-state index < -0.39 is 0 Å². The van der Waals surface area contributed by atoms with Crippen LogP contribution < -0.4 is 11.3 Å². The molecule has 0 radical (unpaired) electrons. The quantitative estimate of drug-likeness (QED) is 0.566. The molecule has 0 amide bonds. The highest BCUT2D eigenvalue weighted by atomic mass is 32.1. The Kier molecular flexibility index (Phi) is 3.61. The molecule has 1 aromatic carbocycles. The first-order valence-electron chi connectivity index (χ1n) is 5.92. The summed E-state index contributed by atoms with van der Waals surface area (Å²) in [4.78, 5) is 1.13. The molecule has 2 heterocycles. The highest BCUT2D eigenvalue weighted by Gasteiger charge is 2.14. The summed E-state index contributed by atoms with van der Waals surface area (Å²) in [7, 11) is 0. The first kappa shape index (κ1) is 12.7. The molecule has 3 rings (SSSR count). The van der Waals surface area contributed by atoms with Crippen LogP contribution in [0.2, 0.25) is 0 Å². The second kappa shape index (κ2) is 5.38. The van der Waals surface area contributed by atoms with Gasteiger partial charge in [-0.25, -0.2) is 4.39 Å². The number of nitrogens with two attached hydrogens (primary N) is 1. The van der Waals surface area contributed by atoms with Crippen LogP contribution >= 0.6 is 22.7 Å². The van der Waals surface area contributed by atoms with E-state index in [-0.39, 0.29) is 11.9 Å². The van der Waals surface area contributed by atoms with Crippen molar-refractivity contribution in [2.75, 3.05) is 0 Å². The smallest absolute Gasteiger partial charge is 0.123 e. The zero-order valence-electron chi connectivity index (χ0n) is 10.1. The molecule has 1 atom stereocenters. The normalized spacial score (nSPS) is 12.9. The third-order valence-electron chi connectivity index (χ3n) is 3.06. The summed E-state index contributed by atoms with van der Waals surface area (Å²) in [6.07, 6.45) is 0.843. The fourth-order valence-electron chi connectivity index (χ4n) is 2.09. The van der Waals surface area contributed by atoms with Gasteiger partial charge < -0.3 is 0 Å². The molecular formula is C14H13FN2S2. The molecule has 0 saturated carbocycles. The minimum Gasteiger partial charge on any atom is -0.271 e. The highest BCUT2D eigenvalue weighted by molar-refractivity contribution is 7.19. The number of nitrogens with one attached hydrogen (secondary N) is 1. The molecule has 0 aliphatic heterocycles. The molecule has 5 heteroatoms. The van der Waals surface area contributed by atoms with Crippen LogP contribution in [0.1, 0.15) is 16.5 Å². The van der Waals surface area contributed by atoms with Crippen LogP contribution in [-0.2, 0) is 6.42 Å². The lowest BCUT2D eigenvalue weighted by molar-refractivity contribution is 0.561. The van der Waals surface area contributed by atoms with E-state index in [0.717, 1.165) is 21.4 Å². The van der Waals surface area contributed by atoms with Crippen molar-refractivity contribution in [2.24, 2.45) is 5.84 Å². The van der Waals surface area contributed by atoms with Crippen LogP contribution in [0.15, 0.2) is 41.1 Å². The highest BCUT2D eigenvalue weighted by Crippen LogP contribution is 2.31. The third kappa shape index (κ3) is 2.69. The zero-order valence-corrected chi connectivity index (χ0v) is 11.7. The van der Waals surface area contributed by atoms with Gasteiger partial charge >= 0.3 is 0 Å². The van der Waals surface area contributed by atoms with Crippen LogP contribution in [0, 0.1) is 5.82 Å². The van der Waals surface area contributed by atoms with E-state index in [9.17, 15) is 4.39 Å². The molecule has 19 heavy (non-hydrogen) atoms. The summed E-state index contributed by atoms with van der Waals surface area (Å²) < 4.78 is 14.3. The molecule has 2 aromatic heterocycles. The molecule has 0 saturated heterocycles. The Bertz CT molecular complexity index is 676. The minimum atomic E-state index is -0.202. The number of hydrogen-bond donors (Lipinski definition) is 2. The Morgan fingerprint density at radius 3 is 2.89 bits per heavy atom. The van der Waals surface area contributed by atoms with Crippen LogP contribution in [-0.4, -0.2) is 0 Å². The Balaban J connectivity index is 1.92. The fraction of sp³-hybridized carbons (Fsp3) is 0.143. The molecule has 0 aliphatic rings. The van der Waals surface area contributed by atoms with Gasteiger partial charge in [0.05, 0.1) is 6.04 Å². The number of hydrazine groups is 1. The van der Waals surface area contributed by atoms with Gasteiger partial charge in [0.15, 0.2) is 0 Å². The molecule has 98 valence electrons. The molecular weight excluding hydrogens is 279 g/mol. The Hall–Kier alpha value is -1.27. The first-order valence-corrected chi connectivity index (χ1v) is 7.68. The van der Waals surface area contributed by atoms with Crippen LogP contribution in [0.25, 0.3) is 10.1 Å². The van der Waals surface area contributed by atoms with Crippen LogP contribution in [0.3, 0.4) is 0 Å². The zero-order chi connectivity index (χ0) is 13.2. The van der Waals surface area contributed by atoms with Crippen molar-refractivity contribution in [3.05, 3.63) is 57.3 Å². The van der Waals surface area contributed by atoms with E-state index in [1.807, 2.05) is 12.1 Å². The van der Waals surface area contributed by atoms with Crippen molar-refractivity contribution >= 4 is 32.8 Å². The maximum Gasteiger partial charge on any atom is 0.123 e. The van der Waals surface area contributed by atoms with E-state index in [1.165, 1.54) is 11.6 Å². The average Bonchev–Trinajstić information content (AvgIpc) is 3.03. The standard InChI is InChI=1S/C14H13FN2S2/c15-11-1-2-13-10(6-11)7-14(19-13)12(17-16)5-9-3-4-18-8-9/h1-4,6-8,12,17H,5,16H2. The van der Waals surface area contributed by atoms with Gasteiger partial charge in [0.2, 0.25) is 0 Å². The van der Waals surface area contributed by atoms with Crippen molar-refractivity contribution in [1.29, 1.82) is 0 Å². The molecule has 3 aromatic rings. The second-order valence-corrected chi connectivity index (χ2v) is 6.28. The summed E-state index contributed by atoms with van der Waals surface area (Å²) in [5, 5.41) is 5.12. The van der Waals surface area contributed by atoms with Gasteiger partial charge in [-0.1, -0.05) is 0 Å². The van der Waals surface area contributed by atoms with Gasteiger partial charge in [0.1, 0.15) is 5.82 Å². The van der Waals surface area contributed by atoms with Gasteiger partial charge in [-0.15, -0.1) is 11.3 Å². The average molecular weight is 292 g/mol. The van der Waals surface area contributed by atoms with E-state index in [1.54, 1.807) is 28.7 Å². The minimum absolute atomic E-state index is 0.0649. The molecule has 0 bridgehead atoms. The lowest BCUT2D eigenvalue weighted by Gasteiger charge is -2.12.